The third-order valence-corrected chi connectivity index (χ3v) is 6.56. The molecule has 0 bridgehead atoms. The molecule has 2 aromatic heterocycles. The maximum Gasteiger partial charge on any atom is 0.338 e. The van der Waals surface area contributed by atoms with E-state index < -0.39 is 12.0 Å². The van der Waals surface area contributed by atoms with Gasteiger partial charge in [0.2, 0.25) is 0 Å². The van der Waals surface area contributed by atoms with Crippen LogP contribution in [0.5, 0.6) is 0 Å². The Bertz CT molecular complexity index is 1420. The lowest BCUT2D eigenvalue weighted by molar-refractivity contribution is -0.139. The summed E-state index contributed by atoms with van der Waals surface area (Å²) in [5, 5.41) is 4.36. The molecule has 8 nitrogen and oxygen atoms in total. The van der Waals surface area contributed by atoms with Crippen molar-refractivity contribution in [3.63, 3.8) is 0 Å². The molecule has 0 saturated carbocycles. The lowest BCUT2D eigenvalue weighted by atomic mass is 9.95. The zero-order valence-corrected chi connectivity index (χ0v) is 20.4. The highest BCUT2D eigenvalue weighted by Crippen LogP contribution is 2.31. The van der Waals surface area contributed by atoms with Gasteiger partial charge in [-0.25, -0.2) is 9.79 Å². The number of anilines is 1. The van der Waals surface area contributed by atoms with Gasteiger partial charge < -0.3 is 9.64 Å². The summed E-state index contributed by atoms with van der Waals surface area (Å²) in [6, 6.07) is 7.22. The molecule has 1 unspecified atom stereocenters. The van der Waals surface area contributed by atoms with Gasteiger partial charge in [-0.05, 0) is 44.5 Å². The van der Waals surface area contributed by atoms with E-state index in [1.54, 1.807) is 23.1 Å². The molecule has 1 atom stereocenters. The average molecular weight is 466 g/mol. The molecule has 0 amide bonds. The van der Waals surface area contributed by atoms with Gasteiger partial charge in [-0.1, -0.05) is 23.5 Å². The first-order valence-electron chi connectivity index (χ1n) is 10.7. The van der Waals surface area contributed by atoms with Crippen molar-refractivity contribution in [2.75, 3.05) is 25.6 Å². The number of fused-ring (bicyclic) bond motifs is 1. The number of nitrogens with zero attached hydrogens (tertiary/aromatic N) is 5. The first kappa shape index (κ1) is 22.7. The van der Waals surface area contributed by atoms with Crippen LogP contribution in [-0.4, -0.2) is 41.0 Å². The summed E-state index contributed by atoms with van der Waals surface area (Å²) in [7, 11) is 5.78. The molecule has 0 fully saturated rings. The smallest absolute Gasteiger partial charge is 0.338 e. The van der Waals surface area contributed by atoms with Crippen molar-refractivity contribution >= 4 is 29.1 Å². The molecule has 3 heterocycles. The van der Waals surface area contributed by atoms with Crippen molar-refractivity contribution in [1.29, 1.82) is 0 Å². The zero-order valence-electron chi connectivity index (χ0n) is 19.6. The molecule has 0 saturated heterocycles. The normalized spacial score (nSPS) is 15.9. The van der Waals surface area contributed by atoms with Crippen molar-refractivity contribution in [1.82, 2.24) is 14.3 Å². The highest BCUT2D eigenvalue weighted by Gasteiger charge is 2.33. The first-order chi connectivity index (χ1) is 15.7. The fourth-order valence-corrected chi connectivity index (χ4v) is 5.00. The van der Waals surface area contributed by atoms with Crippen LogP contribution in [0.1, 0.15) is 36.7 Å². The average Bonchev–Trinajstić information content (AvgIpc) is 3.24. The number of ether oxygens (including phenoxy) is 1. The number of hydrogen-bond donors (Lipinski definition) is 0. The Balaban J connectivity index is 1.95. The van der Waals surface area contributed by atoms with E-state index in [0.29, 0.717) is 20.6 Å². The summed E-state index contributed by atoms with van der Waals surface area (Å²) in [6.07, 6.45) is 3.71. The van der Waals surface area contributed by atoms with Gasteiger partial charge in [-0.15, -0.1) is 0 Å². The number of benzene rings is 1. The molecule has 1 aliphatic heterocycles. The van der Waals surface area contributed by atoms with Crippen LogP contribution in [0.4, 0.5) is 5.69 Å². The summed E-state index contributed by atoms with van der Waals surface area (Å²) < 4.78 is 9.21. The molecule has 3 aromatic rings. The fourth-order valence-electron chi connectivity index (χ4n) is 3.96. The molecule has 0 aliphatic carbocycles. The second-order valence-corrected chi connectivity index (χ2v) is 9.14. The Hall–Kier alpha value is -3.46. The quantitative estimate of drug-likeness (QED) is 0.538. The van der Waals surface area contributed by atoms with E-state index in [2.05, 4.69) is 10.1 Å². The van der Waals surface area contributed by atoms with E-state index in [4.69, 9.17) is 4.74 Å². The van der Waals surface area contributed by atoms with Crippen LogP contribution < -0.4 is 19.8 Å². The van der Waals surface area contributed by atoms with E-state index in [9.17, 15) is 9.59 Å². The molecular formula is C24H27N5O3S. The van der Waals surface area contributed by atoms with Gasteiger partial charge in [0.25, 0.3) is 5.56 Å². The summed E-state index contributed by atoms with van der Waals surface area (Å²) in [5.74, 6) is -0.460. The van der Waals surface area contributed by atoms with Crippen molar-refractivity contribution in [2.24, 2.45) is 12.0 Å². The lowest BCUT2D eigenvalue weighted by Crippen LogP contribution is -2.40. The lowest BCUT2D eigenvalue weighted by Gasteiger charge is -2.25. The molecule has 1 aliphatic rings. The zero-order chi connectivity index (χ0) is 23.9. The minimum atomic E-state index is -0.617. The maximum atomic E-state index is 13.6. The SMILES string of the molecule is CCOC(=O)C1=C(C)N=c2s/c(=C/c3cn(C)nc3C)c(=O)n2C1c1ccc(N(C)C)cc1. The summed E-state index contributed by atoms with van der Waals surface area (Å²) in [6.45, 7) is 5.70. The fraction of sp³-hybridized carbons (Fsp3) is 0.333. The number of allylic oxidation sites excluding steroid dienone is 1. The molecule has 4 rings (SSSR count). The topological polar surface area (TPSA) is 81.7 Å². The van der Waals surface area contributed by atoms with E-state index in [1.165, 1.54) is 11.3 Å². The molecule has 0 radical (unpaired) electrons. The van der Waals surface area contributed by atoms with Gasteiger partial charge in [0.1, 0.15) is 0 Å². The van der Waals surface area contributed by atoms with Crippen LogP contribution in [0.15, 0.2) is 51.5 Å². The van der Waals surface area contributed by atoms with Crippen LogP contribution >= 0.6 is 11.3 Å². The highest BCUT2D eigenvalue weighted by molar-refractivity contribution is 7.07. The van der Waals surface area contributed by atoms with Crippen LogP contribution in [0, 0.1) is 6.92 Å². The largest absolute Gasteiger partial charge is 0.463 e. The van der Waals surface area contributed by atoms with Crippen molar-refractivity contribution in [3.8, 4) is 0 Å². The van der Waals surface area contributed by atoms with Gasteiger partial charge in [0, 0.05) is 38.6 Å². The van der Waals surface area contributed by atoms with Crippen LogP contribution in [0.3, 0.4) is 0 Å². The van der Waals surface area contributed by atoms with Crippen molar-refractivity contribution in [2.45, 2.75) is 26.8 Å². The minimum Gasteiger partial charge on any atom is -0.463 e. The van der Waals surface area contributed by atoms with Crippen molar-refractivity contribution in [3.05, 3.63) is 78.2 Å². The third kappa shape index (κ3) is 4.16. The Labute approximate surface area is 195 Å². The second kappa shape index (κ2) is 8.82. The van der Waals surface area contributed by atoms with Gasteiger partial charge in [0.15, 0.2) is 4.80 Å². The number of rotatable bonds is 5. The number of aromatic nitrogens is 3. The first-order valence-corrected chi connectivity index (χ1v) is 11.5. The predicted octanol–water partition coefficient (Wildman–Crippen LogP) is 1.91. The Kier molecular flexibility index (Phi) is 6.07. The third-order valence-electron chi connectivity index (χ3n) is 5.58. The molecule has 0 N–H and O–H groups in total. The molecule has 172 valence electrons. The summed E-state index contributed by atoms with van der Waals surface area (Å²) >= 11 is 1.31. The minimum absolute atomic E-state index is 0.196. The molecule has 9 heteroatoms. The second-order valence-electron chi connectivity index (χ2n) is 8.13. The standard InChI is InChI=1S/C24H27N5O3S/c1-7-32-23(31)20-15(3)25-24-29(21(20)16-8-10-18(11-9-16)27(4)5)22(30)19(33-24)12-17-13-28(6)26-14(17)2/h8-13,21H,7H2,1-6H3/b19-12+. The van der Waals surface area contributed by atoms with Crippen LogP contribution in [0.2, 0.25) is 0 Å². The van der Waals surface area contributed by atoms with Crippen LogP contribution in [-0.2, 0) is 16.6 Å². The Morgan fingerprint density at radius 3 is 2.52 bits per heavy atom. The molecular weight excluding hydrogens is 438 g/mol. The van der Waals surface area contributed by atoms with Gasteiger partial charge in [0.05, 0.1) is 34.1 Å². The number of hydrogen-bond acceptors (Lipinski definition) is 7. The summed E-state index contributed by atoms with van der Waals surface area (Å²) in [4.78, 5) is 33.7. The molecule has 0 spiro atoms. The maximum absolute atomic E-state index is 13.6. The van der Waals surface area contributed by atoms with E-state index >= 15 is 0 Å². The predicted molar refractivity (Wildman–Crippen MR) is 129 cm³/mol. The van der Waals surface area contributed by atoms with Gasteiger partial charge in [-0.2, -0.15) is 5.10 Å². The van der Waals surface area contributed by atoms with Gasteiger partial charge in [-0.3, -0.25) is 14.0 Å². The number of thiazole rings is 1. The van der Waals surface area contributed by atoms with E-state index in [-0.39, 0.29) is 12.2 Å². The molecule has 33 heavy (non-hydrogen) atoms. The Morgan fingerprint density at radius 1 is 1.24 bits per heavy atom. The number of carbonyl (C=O) groups is 1. The van der Waals surface area contributed by atoms with Crippen LogP contribution in [0.25, 0.3) is 6.08 Å². The van der Waals surface area contributed by atoms with Crippen molar-refractivity contribution < 1.29 is 9.53 Å². The molecule has 1 aromatic carbocycles. The monoisotopic (exact) mass is 465 g/mol. The number of carbonyl (C=O) groups excluding carboxylic acids is 1. The van der Waals surface area contributed by atoms with Gasteiger partial charge >= 0.3 is 5.97 Å². The van der Waals surface area contributed by atoms with E-state index in [0.717, 1.165) is 22.5 Å². The number of esters is 1. The summed E-state index contributed by atoms with van der Waals surface area (Å²) in [5.41, 5.74) is 4.29. The number of aryl methyl sites for hydroxylation is 2. The Morgan fingerprint density at radius 2 is 1.94 bits per heavy atom. The van der Waals surface area contributed by atoms with E-state index in [1.807, 2.05) is 69.5 Å². The highest BCUT2D eigenvalue weighted by atomic mass is 32.1.